The molecule has 2 amide bonds. The molecule has 0 saturated carbocycles. The van der Waals surface area contributed by atoms with Crippen LogP contribution in [0.1, 0.15) is 34.6 Å². The van der Waals surface area contributed by atoms with Crippen LogP contribution in [0.2, 0.25) is 10.0 Å². The van der Waals surface area contributed by atoms with Crippen molar-refractivity contribution in [1.29, 1.82) is 0 Å². The van der Waals surface area contributed by atoms with E-state index in [-0.39, 0.29) is 25.0 Å². The van der Waals surface area contributed by atoms with Gasteiger partial charge in [0.2, 0.25) is 0 Å². The highest BCUT2D eigenvalue weighted by Gasteiger charge is 2.45. The zero-order valence-corrected chi connectivity index (χ0v) is 20.3. The molecule has 2 saturated heterocycles. The average molecular weight is 530 g/mol. The molecule has 0 unspecified atom stereocenters. The number of rotatable bonds is 3. The first-order valence-electron chi connectivity index (χ1n) is 11.6. The van der Waals surface area contributed by atoms with Gasteiger partial charge in [-0.05, 0) is 43.9 Å². The fraction of sp³-hybridized carbons (Fsp3) is 0.522. The highest BCUT2D eigenvalue weighted by molar-refractivity contribution is 6.35. The van der Waals surface area contributed by atoms with E-state index >= 15 is 0 Å². The maximum Gasteiger partial charge on any atom is 0.471 e. The SMILES string of the molecule is O=C(c1nn(-c2ccc(Cl)cc2Cl)c2c1CCCC2)N1CC(N2CCN(C(=O)C(F)(F)F)CC2)C1. The Bertz CT molecular complexity index is 1150. The van der Waals surface area contributed by atoms with E-state index in [1.807, 2.05) is 4.90 Å². The molecular formula is C23H24Cl2F3N5O2. The maximum atomic E-state index is 13.4. The second kappa shape index (κ2) is 9.29. The van der Waals surface area contributed by atoms with Crippen molar-refractivity contribution in [3.63, 3.8) is 0 Å². The van der Waals surface area contributed by atoms with Crippen molar-refractivity contribution in [2.45, 2.75) is 37.9 Å². The molecule has 5 rings (SSSR count). The number of fused-ring (bicyclic) bond motifs is 1. The van der Waals surface area contributed by atoms with Gasteiger partial charge in [0.05, 0.1) is 10.7 Å². The van der Waals surface area contributed by atoms with Crippen LogP contribution >= 0.6 is 23.2 Å². The average Bonchev–Trinajstić information content (AvgIpc) is 3.17. The third-order valence-corrected chi connectivity index (χ3v) is 7.57. The van der Waals surface area contributed by atoms with Gasteiger partial charge in [-0.3, -0.25) is 14.5 Å². The van der Waals surface area contributed by atoms with Gasteiger partial charge in [-0.25, -0.2) is 4.68 Å². The number of hydrogen-bond donors (Lipinski definition) is 0. The minimum absolute atomic E-state index is 0.0303. The first kappa shape index (κ1) is 24.4. The van der Waals surface area contributed by atoms with Gasteiger partial charge in [0.25, 0.3) is 5.91 Å². The summed E-state index contributed by atoms with van der Waals surface area (Å²) in [5, 5.41) is 5.66. The summed E-state index contributed by atoms with van der Waals surface area (Å²) < 4.78 is 39.8. The number of carbonyl (C=O) groups is 2. The zero-order chi connectivity index (χ0) is 24.9. The Morgan fingerprint density at radius 1 is 0.971 bits per heavy atom. The number of likely N-dealkylation sites (tertiary alicyclic amines) is 1. The molecular weight excluding hydrogens is 506 g/mol. The number of hydrogen-bond acceptors (Lipinski definition) is 4. The van der Waals surface area contributed by atoms with E-state index in [9.17, 15) is 22.8 Å². The Kier molecular flexibility index (Phi) is 6.48. The Balaban J connectivity index is 1.26. The molecule has 2 aromatic rings. The van der Waals surface area contributed by atoms with Crippen LogP contribution in [-0.2, 0) is 17.6 Å². The highest BCUT2D eigenvalue weighted by Crippen LogP contribution is 2.32. The van der Waals surface area contributed by atoms with Gasteiger partial charge in [0.1, 0.15) is 0 Å². The number of benzene rings is 1. The molecule has 2 fully saturated rings. The minimum Gasteiger partial charge on any atom is -0.334 e. The van der Waals surface area contributed by atoms with Crippen molar-refractivity contribution in [2.24, 2.45) is 0 Å². The van der Waals surface area contributed by atoms with Crippen LogP contribution in [0.3, 0.4) is 0 Å². The van der Waals surface area contributed by atoms with Crippen LogP contribution < -0.4 is 0 Å². The van der Waals surface area contributed by atoms with Gasteiger partial charge in [-0.2, -0.15) is 18.3 Å². The fourth-order valence-electron chi connectivity index (χ4n) is 5.09. The maximum absolute atomic E-state index is 13.4. The molecule has 7 nitrogen and oxygen atoms in total. The molecule has 188 valence electrons. The van der Waals surface area contributed by atoms with E-state index in [0.717, 1.165) is 41.8 Å². The lowest BCUT2D eigenvalue weighted by Crippen LogP contribution is -2.65. The topological polar surface area (TPSA) is 61.7 Å². The largest absolute Gasteiger partial charge is 0.471 e. The number of amides is 2. The van der Waals surface area contributed by atoms with Gasteiger partial charge < -0.3 is 9.80 Å². The van der Waals surface area contributed by atoms with E-state index in [0.29, 0.717) is 47.6 Å². The normalized spacial score (nSPS) is 19.5. The summed E-state index contributed by atoms with van der Waals surface area (Å²) in [5.41, 5.74) is 3.06. The zero-order valence-electron chi connectivity index (χ0n) is 18.8. The molecule has 0 bridgehead atoms. The summed E-state index contributed by atoms with van der Waals surface area (Å²) >= 11 is 12.5. The molecule has 0 spiro atoms. The molecule has 3 heterocycles. The molecule has 12 heteroatoms. The summed E-state index contributed by atoms with van der Waals surface area (Å²) in [6.07, 6.45) is -1.28. The van der Waals surface area contributed by atoms with Crippen LogP contribution in [0.25, 0.3) is 5.69 Å². The summed E-state index contributed by atoms with van der Waals surface area (Å²) in [5.74, 6) is -1.93. The quantitative estimate of drug-likeness (QED) is 0.609. The van der Waals surface area contributed by atoms with Crippen molar-refractivity contribution < 1.29 is 22.8 Å². The third kappa shape index (κ3) is 4.63. The second-order valence-corrected chi connectivity index (χ2v) is 10.0. The van der Waals surface area contributed by atoms with E-state index in [1.54, 1.807) is 27.8 Å². The van der Waals surface area contributed by atoms with Crippen molar-refractivity contribution >= 4 is 35.0 Å². The molecule has 0 N–H and O–H groups in total. The summed E-state index contributed by atoms with van der Waals surface area (Å²) in [6.45, 7) is 1.73. The van der Waals surface area contributed by atoms with Crippen LogP contribution in [-0.4, -0.2) is 87.8 Å². The van der Waals surface area contributed by atoms with Gasteiger partial charge in [0, 0.05) is 61.6 Å². The van der Waals surface area contributed by atoms with Crippen LogP contribution in [0, 0.1) is 0 Å². The number of halogens is 5. The van der Waals surface area contributed by atoms with Crippen molar-refractivity contribution in [2.75, 3.05) is 39.3 Å². The number of nitrogens with zero attached hydrogens (tertiary/aromatic N) is 5. The Labute approximate surface area is 210 Å². The third-order valence-electron chi connectivity index (χ3n) is 7.03. The molecule has 1 aliphatic carbocycles. The highest BCUT2D eigenvalue weighted by atomic mass is 35.5. The molecule has 35 heavy (non-hydrogen) atoms. The van der Waals surface area contributed by atoms with Crippen molar-refractivity contribution in [3.05, 3.63) is 45.2 Å². The number of alkyl halides is 3. The van der Waals surface area contributed by atoms with Crippen LogP contribution in [0.5, 0.6) is 0 Å². The number of aromatic nitrogens is 2. The predicted octanol–water partition coefficient (Wildman–Crippen LogP) is 3.59. The van der Waals surface area contributed by atoms with Gasteiger partial charge in [-0.1, -0.05) is 23.2 Å². The smallest absolute Gasteiger partial charge is 0.334 e. The number of carbonyl (C=O) groups excluding carboxylic acids is 2. The second-order valence-electron chi connectivity index (χ2n) is 9.18. The van der Waals surface area contributed by atoms with Crippen LogP contribution in [0.4, 0.5) is 13.2 Å². The lowest BCUT2D eigenvalue weighted by atomic mass is 9.94. The molecule has 1 aromatic heterocycles. The Morgan fingerprint density at radius 2 is 1.66 bits per heavy atom. The first-order valence-corrected chi connectivity index (χ1v) is 12.3. The lowest BCUT2D eigenvalue weighted by molar-refractivity contribution is -0.187. The Hall–Kier alpha value is -2.30. The summed E-state index contributed by atoms with van der Waals surface area (Å²) in [7, 11) is 0. The minimum atomic E-state index is -4.85. The van der Waals surface area contributed by atoms with Crippen molar-refractivity contribution in [1.82, 2.24) is 24.5 Å². The molecule has 0 atom stereocenters. The molecule has 0 radical (unpaired) electrons. The first-order chi connectivity index (χ1) is 16.6. The van der Waals surface area contributed by atoms with E-state index in [1.165, 1.54) is 0 Å². The summed E-state index contributed by atoms with van der Waals surface area (Å²) in [4.78, 5) is 29.4. The molecule has 2 aliphatic heterocycles. The van der Waals surface area contributed by atoms with Gasteiger partial charge in [0.15, 0.2) is 5.69 Å². The van der Waals surface area contributed by atoms with Gasteiger partial charge >= 0.3 is 12.1 Å². The standard InChI is InChI=1S/C23H24Cl2F3N5O2/c24-14-5-6-19(17(25)11-14)33-18-4-2-1-3-16(18)20(29-33)21(34)32-12-15(13-32)30-7-9-31(10-8-30)22(35)23(26,27)28/h5-6,11,15H,1-4,7-10,12-13H2. The number of piperazine rings is 1. The molecule has 3 aliphatic rings. The Morgan fingerprint density at radius 3 is 2.31 bits per heavy atom. The van der Waals surface area contributed by atoms with Crippen LogP contribution in [0.15, 0.2) is 18.2 Å². The van der Waals surface area contributed by atoms with Gasteiger partial charge in [-0.15, -0.1) is 0 Å². The van der Waals surface area contributed by atoms with Crippen molar-refractivity contribution in [3.8, 4) is 5.69 Å². The predicted molar refractivity (Wildman–Crippen MR) is 124 cm³/mol. The molecule has 1 aromatic carbocycles. The monoisotopic (exact) mass is 529 g/mol. The van der Waals surface area contributed by atoms with E-state index in [4.69, 9.17) is 23.2 Å². The fourth-order valence-corrected chi connectivity index (χ4v) is 5.58. The van der Waals surface area contributed by atoms with E-state index in [2.05, 4.69) is 5.10 Å². The summed E-state index contributed by atoms with van der Waals surface area (Å²) in [6, 6.07) is 5.25. The van der Waals surface area contributed by atoms with E-state index < -0.39 is 12.1 Å². The lowest BCUT2D eigenvalue weighted by Gasteiger charge is -2.48.